The van der Waals surface area contributed by atoms with E-state index in [0.717, 1.165) is 15.4 Å². The normalized spacial score (nSPS) is 11.8. The van der Waals surface area contributed by atoms with Crippen molar-refractivity contribution >= 4 is 33.3 Å². The highest BCUT2D eigenvalue weighted by Crippen LogP contribution is 2.34. The molecule has 4 nitrogen and oxygen atoms in total. The Morgan fingerprint density at radius 3 is 2.73 bits per heavy atom. The zero-order chi connectivity index (χ0) is 15.9. The lowest BCUT2D eigenvalue weighted by Crippen LogP contribution is -2.22. The average molecular weight is 325 g/mol. The molecule has 0 saturated heterocycles. The number of hydrogen-bond acceptors (Lipinski definition) is 3. The minimum Gasteiger partial charge on any atom is -0.305 e. The highest BCUT2D eigenvalue weighted by molar-refractivity contribution is 7.17. The van der Waals surface area contributed by atoms with E-state index in [2.05, 4.69) is 10.4 Å². The number of hydrogen-bond donors (Lipinski definition) is 1. The number of nitrogens with zero attached hydrogens (tertiary/aromatic N) is 2. The number of aromatic nitrogens is 2. The van der Waals surface area contributed by atoms with E-state index in [-0.39, 0.29) is 5.69 Å². The van der Waals surface area contributed by atoms with E-state index in [1.807, 2.05) is 0 Å². The highest BCUT2D eigenvalue weighted by Gasteiger charge is 2.33. The number of thiophene rings is 1. The Labute approximate surface area is 127 Å². The summed E-state index contributed by atoms with van der Waals surface area (Å²) in [5.41, 5.74) is 0.0408. The zero-order valence-electron chi connectivity index (χ0n) is 11.3. The van der Waals surface area contributed by atoms with Crippen molar-refractivity contribution in [1.29, 1.82) is 0 Å². The number of anilines is 1. The summed E-state index contributed by atoms with van der Waals surface area (Å²) in [4.78, 5) is 12.2. The Morgan fingerprint density at radius 1 is 1.27 bits per heavy atom. The Morgan fingerprint density at radius 2 is 2.00 bits per heavy atom. The maximum absolute atomic E-state index is 12.9. The molecule has 2 aromatic heterocycles. The first-order valence-electron chi connectivity index (χ1n) is 6.28. The summed E-state index contributed by atoms with van der Waals surface area (Å²) in [6.45, 7) is 1.74. The van der Waals surface area contributed by atoms with Gasteiger partial charge in [0.15, 0.2) is 0 Å². The average Bonchev–Trinajstić information content (AvgIpc) is 3.02. The molecule has 2 heterocycles. The van der Waals surface area contributed by atoms with Gasteiger partial charge in [0.25, 0.3) is 0 Å². The van der Waals surface area contributed by atoms with Gasteiger partial charge in [-0.3, -0.25) is 0 Å². The second-order valence-electron chi connectivity index (χ2n) is 4.61. The molecular weight excluding hydrogens is 315 g/mol. The van der Waals surface area contributed by atoms with E-state index < -0.39 is 17.8 Å². The second kappa shape index (κ2) is 5.13. The van der Waals surface area contributed by atoms with Crippen molar-refractivity contribution in [3.8, 4) is 0 Å². The number of nitrogens with one attached hydrogen (secondary N) is 1. The van der Waals surface area contributed by atoms with Gasteiger partial charge >= 0.3 is 12.2 Å². The fourth-order valence-electron chi connectivity index (χ4n) is 2.15. The molecule has 0 unspecified atom stereocenters. The van der Waals surface area contributed by atoms with Crippen LogP contribution in [0.25, 0.3) is 10.2 Å². The molecule has 114 valence electrons. The van der Waals surface area contributed by atoms with E-state index in [1.165, 1.54) is 29.5 Å². The van der Waals surface area contributed by atoms with Crippen LogP contribution in [0.1, 0.15) is 11.3 Å². The van der Waals surface area contributed by atoms with Crippen LogP contribution in [0.2, 0.25) is 0 Å². The number of carbonyl (C=O) groups is 1. The van der Waals surface area contributed by atoms with Gasteiger partial charge in [0.05, 0.1) is 27.2 Å². The lowest BCUT2D eigenvalue weighted by atomic mass is 10.1. The van der Waals surface area contributed by atoms with Gasteiger partial charge in [-0.25, -0.2) is 4.79 Å². The van der Waals surface area contributed by atoms with Crippen molar-refractivity contribution in [3.05, 3.63) is 47.0 Å². The molecule has 8 heteroatoms. The summed E-state index contributed by atoms with van der Waals surface area (Å²) in [7, 11) is 0. The lowest BCUT2D eigenvalue weighted by Gasteiger charge is -2.13. The summed E-state index contributed by atoms with van der Waals surface area (Å²) < 4.78 is 40.7. The van der Waals surface area contributed by atoms with E-state index in [9.17, 15) is 18.0 Å². The third-order valence-electron chi connectivity index (χ3n) is 3.12. The van der Waals surface area contributed by atoms with Gasteiger partial charge in [-0.05, 0) is 30.5 Å². The van der Waals surface area contributed by atoms with Crippen molar-refractivity contribution in [2.75, 3.05) is 5.32 Å². The van der Waals surface area contributed by atoms with Gasteiger partial charge in [-0.15, -0.1) is 11.3 Å². The predicted molar refractivity (Wildman–Crippen MR) is 78.2 cm³/mol. The zero-order valence-corrected chi connectivity index (χ0v) is 12.1. The third-order valence-corrected chi connectivity index (χ3v) is 4.13. The fraction of sp³-hybridized carbons (Fsp3) is 0.143. The molecule has 3 aromatic rings. The van der Waals surface area contributed by atoms with Gasteiger partial charge in [0.1, 0.15) is 0 Å². The number of benzene rings is 1. The summed E-state index contributed by atoms with van der Waals surface area (Å²) in [5.74, 6) is 0. The van der Waals surface area contributed by atoms with Gasteiger partial charge < -0.3 is 5.32 Å². The molecule has 0 aliphatic carbocycles. The molecule has 3 rings (SSSR count). The predicted octanol–water partition coefficient (Wildman–Crippen LogP) is 4.51. The number of rotatable bonds is 1. The van der Waals surface area contributed by atoms with Crippen molar-refractivity contribution in [2.45, 2.75) is 13.1 Å². The number of para-hydroxylation sites is 1. The van der Waals surface area contributed by atoms with Crippen LogP contribution in [0.5, 0.6) is 0 Å². The molecule has 1 N–H and O–H groups in total. The smallest absolute Gasteiger partial charge is 0.305 e. The van der Waals surface area contributed by atoms with E-state index >= 15 is 0 Å². The maximum Gasteiger partial charge on any atom is 0.418 e. The molecule has 0 aliphatic heterocycles. The van der Waals surface area contributed by atoms with E-state index in [1.54, 1.807) is 18.4 Å². The molecule has 0 saturated carbocycles. The summed E-state index contributed by atoms with van der Waals surface area (Å²) >= 11 is 1.42. The maximum atomic E-state index is 12.9. The van der Waals surface area contributed by atoms with Gasteiger partial charge in [0.2, 0.25) is 0 Å². The molecule has 1 aromatic carbocycles. The number of carbonyl (C=O) groups excluding carboxylic acids is 1. The molecule has 0 spiro atoms. The monoisotopic (exact) mass is 325 g/mol. The van der Waals surface area contributed by atoms with E-state index in [0.29, 0.717) is 11.2 Å². The second-order valence-corrected chi connectivity index (χ2v) is 5.52. The Hall–Kier alpha value is -2.35. The third kappa shape index (κ3) is 2.45. The van der Waals surface area contributed by atoms with E-state index in [4.69, 9.17) is 0 Å². The van der Waals surface area contributed by atoms with Gasteiger partial charge in [0, 0.05) is 0 Å². The van der Waals surface area contributed by atoms with Crippen LogP contribution in [-0.4, -0.2) is 15.8 Å². The van der Waals surface area contributed by atoms with Crippen molar-refractivity contribution in [1.82, 2.24) is 9.78 Å². The molecule has 1 amide bonds. The van der Waals surface area contributed by atoms with Crippen LogP contribution in [-0.2, 0) is 6.18 Å². The first-order chi connectivity index (χ1) is 10.4. The standard InChI is InChI=1S/C14H10F3N3OS/c1-8-12-11(6-7-22-12)20(19-8)13(21)18-10-5-3-2-4-9(10)14(15,16)17/h2-7H,1H3,(H,18,21). The summed E-state index contributed by atoms with van der Waals surface area (Å²) in [5, 5.41) is 8.14. The van der Waals surface area contributed by atoms with Crippen molar-refractivity contribution in [3.63, 3.8) is 0 Å². The van der Waals surface area contributed by atoms with Crippen LogP contribution >= 0.6 is 11.3 Å². The largest absolute Gasteiger partial charge is 0.418 e. The van der Waals surface area contributed by atoms with Crippen LogP contribution in [0, 0.1) is 6.92 Å². The minimum absolute atomic E-state index is 0.295. The minimum atomic E-state index is -4.54. The first-order valence-corrected chi connectivity index (χ1v) is 7.16. The SMILES string of the molecule is Cc1nn(C(=O)Nc2ccccc2C(F)(F)F)c2ccsc12. The molecule has 0 radical (unpaired) electrons. The van der Waals surface area contributed by atoms with Crippen LogP contribution < -0.4 is 5.32 Å². The Bertz CT molecular complexity index is 851. The lowest BCUT2D eigenvalue weighted by molar-refractivity contribution is -0.136. The van der Waals surface area contributed by atoms with Crippen LogP contribution in [0.4, 0.5) is 23.7 Å². The topological polar surface area (TPSA) is 46.9 Å². The highest BCUT2D eigenvalue weighted by atomic mass is 32.1. The molecule has 0 fully saturated rings. The fourth-order valence-corrected chi connectivity index (χ4v) is 2.97. The molecular formula is C14H10F3N3OS. The summed E-state index contributed by atoms with van der Waals surface area (Å²) in [6, 6.07) is 5.81. The quantitative estimate of drug-likeness (QED) is 0.716. The van der Waals surface area contributed by atoms with Crippen molar-refractivity contribution in [2.24, 2.45) is 0 Å². The molecule has 0 bridgehead atoms. The number of halogens is 3. The number of alkyl halides is 3. The van der Waals surface area contributed by atoms with Crippen molar-refractivity contribution < 1.29 is 18.0 Å². The molecule has 22 heavy (non-hydrogen) atoms. The van der Waals surface area contributed by atoms with Crippen LogP contribution in [0.3, 0.4) is 0 Å². The molecule has 0 atom stereocenters. The summed E-state index contributed by atoms with van der Waals surface area (Å²) in [6.07, 6.45) is -4.54. The number of aryl methyl sites for hydroxylation is 1. The number of amides is 1. The molecule has 0 aliphatic rings. The first kappa shape index (κ1) is 14.6. The van der Waals surface area contributed by atoms with Gasteiger partial charge in [-0.1, -0.05) is 12.1 Å². The number of fused-ring (bicyclic) bond motifs is 1. The van der Waals surface area contributed by atoms with Crippen LogP contribution in [0.15, 0.2) is 35.7 Å². The van der Waals surface area contributed by atoms with Gasteiger partial charge in [-0.2, -0.15) is 23.0 Å². The Kier molecular flexibility index (Phi) is 3.40. The Balaban J connectivity index is 1.97.